The monoisotopic (exact) mass is 443 g/mol. The number of fused-ring (bicyclic) bond motifs is 1. The van der Waals surface area contributed by atoms with Gasteiger partial charge in [-0.3, -0.25) is 4.79 Å². The summed E-state index contributed by atoms with van der Waals surface area (Å²) in [5.41, 5.74) is 5.38. The zero-order chi connectivity index (χ0) is 23.5. The number of rotatable bonds is 5. The molecule has 168 valence electrons. The summed E-state index contributed by atoms with van der Waals surface area (Å²) in [7, 11) is 0. The number of amides is 1. The van der Waals surface area contributed by atoms with Gasteiger partial charge in [0.25, 0.3) is 0 Å². The number of nitrogens with zero attached hydrogens (tertiary/aromatic N) is 6. The molecule has 1 aliphatic rings. The largest absolute Gasteiger partial charge is 0.393 e. The third-order valence-electron chi connectivity index (χ3n) is 6.14. The Morgan fingerprint density at radius 2 is 1.94 bits per heavy atom. The number of nitrogens with one attached hydrogen (secondary N) is 1. The fraction of sp³-hybridized carbons (Fsp3) is 0.375. The minimum absolute atomic E-state index is 0.162. The van der Waals surface area contributed by atoms with Gasteiger partial charge in [-0.15, -0.1) is 0 Å². The van der Waals surface area contributed by atoms with Crippen molar-refractivity contribution in [2.75, 3.05) is 23.3 Å². The predicted octanol–water partition coefficient (Wildman–Crippen LogP) is 2.62. The Kier molecular flexibility index (Phi) is 6.25. The van der Waals surface area contributed by atoms with Gasteiger partial charge in [-0.2, -0.15) is 15.6 Å². The first-order valence-corrected chi connectivity index (χ1v) is 10.9. The van der Waals surface area contributed by atoms with E-state index in [9.17, 15) is 20.4 Å². The maximum atomic E-state index is 12.6. The molecule has 0 unspecified atom stereocenters. The SMILES string of the molecule is Cc1nc2c(C#N)cnn2c(C)c1CCC(=O)Nc1ccc(N2CCC(O)CC2)c(C#N)c1. The summed E-state index contributed by atoms with van der Waals surface area (Å²) in [5, 5.41) is 35.6. The number of aliphatic hydroxyl groups excluding tert-OH is 1. The first kappa shape index (κ1) is 22.3. The molecule has 0 bridgehead atoms. The van der Waals surface area contributed by atoms with Gasteiger partial charge in [0.15, 0.2) is 5.65 Å². The number of carbonyl (C=O) groups excluding carboxylic acids is 1. The lowest BCUT2D eigenvalue weighted by atomic mass is 10.0. The van der Waals surface area contributed by atoms with Crippen LogP contribution in [-0.2, 0) is 11.2 Å². The highest BCUT2D eigenvalue weighted by Gasteiger charge is 2.20. The highest BCUT2D eigenvalue weighted by atomic mass is 16.3. The molecule has 4 rings (SSSR count). The van der Waals surface area contributed by atoms with Gasteiger partial charge in [-0.1, -0.05) is 0 Å². The average molecular weight is 444 g/mol. The highest BCUT2D eigenvalue weighted by Crippen LogP contribution is 2.27. The van der Waals surface area contributed by atoms with E-state index >= 15 is 0 Å². The number of hydrogen-bond acceptors (Lipinski definition) is 7. The van der Waals surface area contributed by atoms with Gasteiger partial charge in [-0.05, 0) is 56.9 Å². The van der Waals surface area contributed by atoms with Gasteiger partial charge >= 0.3 is 0 Å². The third-order valence-corrected chi connectivity index (χ3v) is 6.14. The number of carbonyl (C=O) groups is 1. The minimum Gasteiger partial charge on any atom is -0.393 e. The van der Waals surface area contributed by atoms with Crippen molar-refractivity contribution in [3.05, 3.63) is 52.5 Å². The normalized spacial score (nSPS) is 14.2. The second kappa shape index (κ2) is 9.27. The smallest absolute Gasteiger partial charge is 0.224 e. The topological polar surface area (TPSA) is 130 Å². The highest BCUT2D eigenvalue weighted by molar-refractivity contribution is 5.91. The molecule has 1 fully saturated rings. The molecule has 0 aliphatic carbocycles. The Labute approximate surface area is 191 Å². The number of anilines is 2. The Hall–Kier alpha value is -3.95. The summed E-state index contributed by atoms with van der Waals surface area (Å²) in [6.45, 7) is 5.17. The van der Waals surface area contributed by atoms with Crippen molar-refractivity contribution in [3.8, 4) is 12.1 Å². The van der Waals surface area contributed by atoms with Crippen LogP contribution in [0.3, 0.4) is 0 Å². The quantitative estimate of drug-likeness (QED) is 0.620. The van der Waals surface area contributed by atoms with Crippen LogP contribution in [0.2, 0.25) is 0 Å². The lowest BCUT2D eigenvalue weighted by molar-refractivity contribution is -0.116. The van der Waals surface area contributed by atoms with Gasteiger partial charge in [-0.25, -0.2) is 9.50 Å². The average Bonchev–Trinajstić information content (AvgIpc) is 3.22. The van der Waals surface area contributed by atoms with Crippen LogP contribution in [0, 0.1) is 36.5 Å². The molecule has 2 aromatic heterocycles. The van der Waals surface area contributed by atoms with E-state index < -0.39 is 0 Å². The maximum Gasteiger partial charge on any atom is 0.224 e. The fourth-order valence-corrected chi connectivity index (χ4v) is 4.30. The van der Waals surface area contributed by atoms with E-state index in [-0.39, 0.29) is 18.4 Å². The molecule has 33 heavy (non-hydrogen) atoms. The van der Waals surface area contributed by atoms with Gasteiger partial charge in [0.05, 0.1) is 23.6 Å². The van der Waals surface area contributed by atoms with E-state index in [0.717, 1.165) is 22.6 Å². The van der Waals surface area contributed by atoms with Gasteiger partial charge in [0, 0.05) is 36.6 Å². The van der Waals surface area contributed by atoms with Crippen molar-refractivity contribution in [2.24, 2.45) is 0 Å². The summed E-state index contributed by atoms with van der Waals surface area (Å²) in [6, 6.07) is 9.65. The van der Waals surface area contributed by atoms with Crippen LogP contribution in [0.4, 0.5) is 11.4 Å². The molecular formula is C24H25N7O2. The van der Waals surface area contributed by atoms with E-state index in [1.54, 1.807) is 16.6 Å². The van der Waals surface area contributed by atoms with E-state index in [1.165, 1.54) is 6.20 Å². The van der Waals surface area contributed by atoms with Crippen LogP contribution in [0.1, 0.15) is 47.3 Å². The van der Waals surface area contributed by atoms with Gasteiger partial charge in [0.1, 0.15) is 17.7 Å². The van der Waals surface area contributed by atoms with Crippen molar-refractivity contribution >= 4 is 22.9 Å². The summed E-state index contributed by atoms with van der Waals surface area (Å²) >= 11 is 0. The number of benzene rings is 1. The Balaban J connectivity index is 1.44. The second-order valence-electron chi connectivity index (χ2n) is 8.28. The second-order valence-corrected chi connectivity index (χ2v) is 8.28. The number of nitriles is 2. The lowest BCUT2D eigenvalue weighted by Gasteiger charge is -2.32. The number of aryl methyl sites for hydroxylation is 2. The van der Waals surface area contributed by atoms with E-state index in [2.05, 4.69) is 32.4 Å². The molecule has 3 aromatic rings. The van der Waals surface area contributed by atoms with Crippen LogP contribution >= 0.6 is 0 Å². The Morgan fingerprint density at radius 1 is 1.21 bits per heavy atom. The molecule has 9 heteroatoms. The summed E-state index contributed by atoms with van der Waals surface area (Å²) in [5.74, 6) is -0.162. The molecule has 0 saturated carbocycles. The summed E-state index contributed by atoms with van der Waals surface area (Å²) in [6.07, 6.45) is 3.30. The molecule has 1 amide bonds. The van der Waals surface area contributed by atoms with Crippen LogP contribution < -0.4 is 10.2 Å². The maximum absolute atomic E-state index is 12.6. The standard InChI is InChI=1S/C24H25N7O2/c1-15-21(16(2)31-24(28-15)18(13-26)14-27-31)4-6-23(33)29-19-3-5-22(17(11-19)12-25)30-9-7-20(32)8-10-30/h3,5,11,14,20,32H,4,6-10H2,1-2H3,(H,29,33). The van der Waals surface area contributed by atoms with Crippen molar-refractivity contribution in [3.63, 3.8) is 0 Å². The minimum atomic E-state index is -0.282. The van der Waals surface area contributed by atoms with Crippen molar-refractivity contribution in [1.82, 2.24) is 14.6 Å². The van der Waals surface area contributed by atoms with E-state index in [1.807, 2.05) is 19.9 Å². The van der Waals surface area contributed by atoms with Crippen molar-refractivity contribution in [2.45, 2.75) is 45.6 Å². The summed E-state index contributed by atoms with van der Waals surface area (Å²) < 4.78 is 1.64. The first-order chi connectivity index (χ1) is 15.9. The lowest BCUT2D eigenvalue weighted by Crippen LogP contribution is -2.36. The zero-order valence-corrected chi connectivity index (χ0v) is 18.7. The molecule has 0 atom stereocenters. The number of aromatic nitrogens is 3. The molecule has 9 nitrogen and oxygen atoms in total. The Bertz CT molecular complexity index is 1290. The predicted molar refractivity (Wildman–Crippen MR) is 123 cm³/mol. The summed E-state index contributed by atoms with van der Waals surface area (Å²) in [4.78, 5) is 19.2. The Morgan fingerprint density at radius 3 is 2.64 bits per heavy atom. The molecule has 0 spiro atoms. The van der Waals surface area contributed by atoms with Crippen molar-refractivity contribution < 1.29 is 9.90 Å². The first-order valence-electron chi connectivity index (χ1n) is 10.9. The van der Waals surface area contributed by atoms with Crippen LogP contribution in [0.25, 0.3) is 5.65 Å². The number of aliphatic hydroxyl groups is 1. The molecule has 2 N–H and O–H groups in total. The number of hydrogen-bond donors (Lipinski definition) is 2. The third kappa shape index (κ3) is 4.50. The van der Waals surface area contributed by atoms with Crippen LogP contribution in [0.15, 0.2) is 24.4 Å². The molecule has 1 aromatic carbocycles. The van der Waals surface area contributed by atoms with Crippen LogP contribution in [0.5, 0.6) is 0 Å². The fourth-order valence-electron chi connectivity index (χ4n) is 4.30. The number of piperidine rings is 1. The molecule has 1 aliphatic heterocycles. The van der Waals surface area contributed by atoms with E-state index in [4.69, 9.17) is 0 Å². The molecule has 3 heterocycles. The van der Waals surface area contributed by atoms with E-state index in [0.29, 0.717) is 54.8 Å². The van der Waals surface area contributed by atoms with Gasteiger partial charge < -0.3 is 15.3 Å². The van der Waals surface area contributed by atoms with Crippen molar-refractivity contribution in [1.29, 1.82) is 10.5 Å². The zero-order valence-electron chi connectivity index (χ0n) is 18.7. The van der Waals surface area contributed by atoms with Gasteiger partial charge in [0.2, 0.25) is 5.91 Å². The molecule has 0 radical (unpaired) electrons. The molecule has 1 saturated heterocycles. The molecular weight excluding hydrogens is 418 g/mol. The van der Waals surface area contributed by atoms with Crippen LogP contribution in [-0.4, -0.2) is 44.8 Å².